The minimum Gasteiger partial charge on any atom is -0.478 e. The highest BCUT2D eigenvalue weighted by Gasteiger charge is 2.25. The maximum absolute atomic E-state index is 13.4. The SMILES string of the molecule is CC1CCN(Cc2c(C(=O)O)c3ccccc3c(=O)n2-c2ccccc2)CC1. The Balaban J connectivity index is 1.97. The van der Waals surface area contributed by atoms with Gasteiger partial charge in [0, 0.05) is 23.0 Å². The highest BCUT2D eigenvalue weighted by atomic mass is 16.4. The molecule has 0 spiro atoms. The van der Waals surface area contributed by atoms with Crippen LogP contribution in [0.15, 0.2) is 59.4 Å². The number of fused-ring (bicyclic) bond motifs is 1. The Morgan fingerprint density at radius 2 is 1.61 bits per heavy atom. The van der Waals surface area contributed by atoms with Gasteiger partial charge in [-0.2, -0.15) is 0 Å². The van der Waals surface area contributed by atoms with Crippen molar-refractivity contribution in [2.75, 3.05) is 13.1 Å². The zero-order valence-electron chi connectivity index (χ0n) is 16.0. The van der Waals surface area contributed by atoms with Crippen LogP contribution in [0.2, 0.25) is 0 Å². The summed E-state index contributed by atoms with van der Waals surface area (Å²) in [5, 5.41) is 11.0. The van der Waals surface area contributed by atoms with E-state index in [0.29, 0.717) is 34.6 Å². The summed E-state index contributed by atoms with van der Waals surface area (Å²) in [6.07, 6.45) is 2.18. The topological polar surface area (TPSA) is 62.5 Å². The van der Waals surface area contributed by atoms with Gasteiger partial charge in [-0.25, -0.2) is 4.79 Å². The van der Waals surface area contributed by atoms with Crippen molar-refractivity contribution >= 4 is 16.7 Å². The Morgan fingerprint density at radius 1 is 1.00 bits per heavy atom. The standard InChI is InChI=1S/C23H24N2O3/c1-16-11-13-24(14-12-16)15-20-21(23(27)28)18-9-5-6-10-19(18)22(26)25(20)17-7-3-2-4-8-17/h2-10,16H,11-15H2,1H3,(H,27,28). The van der Waals surface area contributed by atoms with Crippen molar-refractivity contribution in [1.82, 2.24) is 9.47 Å². The first-order chi connectivity index (χ1) is 13.6. The van der Waals surface area contributed by atoms with Crippen molar-refractivity contribution < 1.29 is 9.90 Å². The van der Waals surface area contributed by atoms with E-state index in [1.54, 1.807) is 28.8 Å². The van der Waals surface area contributed by atoms with Crippen LogP contribution in [-0.4, -0.2) is 33.6 Å². The second-order valence-electron chi connectivity index (χ2n) is 7.61. The molecule has 1 aliphatic heterocycles. The van der Waals surface area contributed by atoms with E-state index in [-0.39, 0.29) is 11.1 Å². The number of carboxylic acid groups (broad SMARTS) is 1. The van der Waals surface area contributed by atoms with Gasteiger partial charge in [-0.15, -0.1) is 0 Å². The number of para-hydroxylation sites is 1. The van der Waals surface area contributed by atoms with Gasteiger partial charge < -0.3 is 5.11 Å². The second kappa shape index (κ2) is 7.60. The molecule has 0 bridgehead atoms. The lowest BCUT2D eigenvalue weighted by molar-refractivity contribution is 0.0694. The van der Waals surface area contributed by atoms with Crippen LogP contribution in [0.25, 0.3) is 16.5 Å². The van der Waals surface area contributed by atoms with E-state index in [4.69, 9.17) is 0 Å². The molecule has 1 saturated heterocycles. The predicted octanol–water partition coefficient (Wildman–Crippen LogP) is 3.92. The minimum atomic E-state index is -0.999. The largest absolute Gasteiger partial charge is 0.478 e. The lowest BCUT2D eigenvalue weighted by Gasteiger charge is -2.31. The van der Waals surface area contributed by atoms with E-state index < -0.39 is 5.97 Å². The van der Waals surface area contributed by atoms with Gasteiger partial charge in [0.2, 0.25) is 0 Å². The summed E-state index contributed by atoms with van der Waals surface area (Å²) < 4.78 is 1.59. The normalized spacial score (nSPS) is 15.8. The molecule has 144 valence electrons. The number of aromatic carboxylic acids is 1. The van der Waals surface area contributed by atoms with Crippen molar-refractivity contribution in [3.8, 4) is 5.69 Å². The van der Waals surface area contributed by atoms with E-state index in [1.807, 2.05) is 30.3 Å². The van der Waals surface area contributed by atoms with E-state index in [0.717, 1.165) is 25.9 Å². The first kappa shape index (κ1) is 18.4. The number of carboxylic acids is 1. The molecular weight excluding hydrogens is 352 g/mol. The van der Waals surface area contributed by atoms with Gasteiger partial charge in [0.15, 0.2) is 0 Å². The zero-order chi connectivity index (χ0) is 19.7. The van der Waals surface area contributed by atoms with Gasteiger partial charge >= 0.3 is 5.97 Å². The molecule has 0 radical (unpaired) electrons. The number of likely N-dealkylation sites (tertiary alicyclic amines) is 1. The first-order valence-electron chi connectivity index (χ1n) is 9.74. The van der Waals surface area contributed by atoms with E-state index in [2.05, 4.69) is 11.8 Å². The van der Waals surface area contributed by atoms with Crippen LogP contribution in [0.3, 0.4) is 0 Å². The number of nitrogens with zero attached hydrogens (tertiary/aromatic N) is 2. The van der Waals surface area contributed by atoms with E-state index in [1.165, 1.54) is 0 Å². The lowest BCUT2D eigenvalue weighted by atomic mass is 9.98. The van der Waals surface area contributed by atoms with Gasteiger partial charge in [0.05, 0.1) is 11.3 Å². The number of hydrogen-bond donors (Lipinski definition) is 1. The molecule has 0 amide bonds. The molecule has 1 fully saturated rings. The summed E-state index contributed by atoms with van der Waals surface area (Å²) in [6, 6.07) is 16.3. The fourth-order valence-electron chi connectivity index (χ4n) is 4.07. The van der Waals surface area contributed by atoms with Crippen LogP contribution in [-0.2, 0) is 6.54 Å². The molecule has 0 atom stereocenters. The Bertz CT molecular complexity index is 1060. The average Bonchev–Trinajstić information content (AvgIpc) is 2.70. The fraction of sp³-hybridized carbons (Fsp3) is 0.304. The maximum atomic E-state index is 13.4. The van der Waals surface area contributed by atoms with Crippen LogP contribution < -0.4 is 5.56 Å². The van der Waals surface area contributed by atoms with Crippen LogP contribution >= 0.6 is 0 Å². The summed E-state index contributed by atoms with van der Waals surface area (Å²) in [5.74, 6) is -0.315. The Hall–Kier alpha value is -2.92. The van der Waals surface area contributed by atoms with Crippen LogP contribution in [0, 0.1) is 5.92 Å². The molecule has 1 aliphatic rings. The molecule has 4 rings (SSSR count). The molecule has 5 nitrogen and oxygen atoms in total. The number of aromatic nitrogens is 1. The van der Waals surface area contributed by atoms with Crippen LogP contribution in [0.4, 0.5) is 0 Å². The third kappa shape index (κ3) is 3.34. The number of hydrogen-bond acceptors (Lipinski definition) is 3. The molecule has 1 aromatic heterocycles. The number of benzene rings is 2. The van der Waals surface area contributed by atoms with Gasteiger partial charge in [-0.1, -0.05) is 43.3 Å². The lowest BCUT2D eigenvalue weighted by Crippen LogP contribution is -2.36. The van der Waals surface area contributed by atoms with Crippen LogP contribution in [0.5, 0.6) is 0 Å². The molecule has 0 unspecified atom stereocenters. The maximum Gasteiger partial charge on any atom is 0.338 e. The minimum absolute atomic E-state index is 0.174. The number of piperidine rings is 1. The molecule has 28 heavy (non-hydrogen) atoms. The highest BCUT2D eigenvalue weighted by molar-refractivity contribution is 6.04. The monoisotopic (exact) mass is 376 g/mol. The first-order valence-corrected chi connectivity index (χ1v) is 9.74. The van der Waals surface area contributed by atoms with Crippen molar-refractivity contribution in [2.24, 2.45) is 5.92 Å². The third-order valence-corrected chi connectivity index (χ3v) is 5.67. The van der Waals surface area contributed by atoms with Gasteiger partial charge in [-0.05, 0) is 50.0 Å². The van der Waals surface area contributed by atoms with Gasteiger partial charge in [-0.3, -0.25) is 14.3 Å². The van der Waals surface area contributed by atoms with Crippen molar-refractivity contribution in [1.29, 1.82) is 0 Å². The fourth-order valence-corrected chi connectivity index (χ4v) is 4.07. The van der Waals surface area contributed by atoms with E-state index >= 15 is 0 Å². The highest BCUT2D eigenvalue weighted by Crippen LogP contribution is 2.25. The molecule has 0 aliphatic carbocycles. The summed E-state index contributed by atoms with van der Waals surface area (Å²) in [6.45, 7) is 4.52. The average molecular weight is 376 g/mol. The van der Waals surface area contributed by atoms with Crippen molar-refractivity contribution in [2.45, 2.75) is 26.3 Å². The van der Waals surface area contributed by atoms with E-state index in [9.17, 15) is 14.7 Å². The Morgan fingerprint density at radius 3 is 2.25 bits per heavy atom. The van der Waals surface area contributed by atoms with Gasteiger partial charge in [0.25, 0.3) is 5.56 Å². The molecular formula is C23H24N2O3. The summed E-state index contributed by atoms with van der Waals surface area (Å²) in [4.78, 5) is 27.9. The number of pyridine rings is 1. The van der Waals surface area contributed by atoms with Crippen molar-refractivity contribution in [3.63, 3.8) is 0 Å². The summed E-state index contributed by atoms with van der Waals surface area (Å²) in [7, 11) is 0. The molecule has 0 saturated carbocycles. The van der Waals surface area contributed by atoms with Crippen LogP contribution in [0.1, 0.15) is 35.8 Å². The molecule has 1 N–H and O–H groups in total. The zero-order valence-corrected chi connectivity index (χ0v) is 16.0. The predicted molar refractivity (Wildman–Crippen MR) is 110 cm³/mol. The molecule has 2 aromatic carbocycles. The Labute approximate surface area is 163 Å². The number of rotatable bonds is 4. The second-order valence-corrected chi connectivity index (χ2v) is 7.61. The molecule has 3 aromatic rings. The smallest absolute Gasteiger partial charge is 0.338 e. The summed E-state index contributed by atoms with van der Waals surface area (Å²) in [5.41, 5.74) is 1.29. The number of carbonyl (C=O) groups is 1. The third-order valence-electron chi connectivity index (χ3n) is 5.67. The quantitative estimate of drug-likeness (QED) is 0.750. The molecule has 2 heterocycles. The summed E-state index contributed by atoms with van der Waals surface area (Å²) >= 11 is 0. The van der Waals surface area contributed by atoms with Gasteiger partial charge in [0.1, 0.15) is 0 Å². The Kier molecular flexibility index (Phi) is 5.01. The van der Waals surface area contributed by atoms with Crippen molar-refractivity contribution in [3.05, 3.63) is 76.2 Å². The molecule has 5 heteroatoms.